The molecule has 0 amide bonds. The van der Waals surface area contributed by atoms with Crippen molar-refractivity contribution in [3.8, 4) is 0 Å². The summed E-state index contributed by atoms with van der Waals surface area (Å²) in [5.74, 6) is -1.21. The van der Waals surface area contributed by atoms with Crippen molar-refractivity contribution in [3.05, 3.63) is 57.4 Å². The Morgan fingerprint density at radius 3 is 2.70 bits per heavy atom. The molecule has 1 N–H and O–H groups in total. The van der Waals surface area contributed by atoms with Crippen LogP contribution in [0.15, 0.2) is 24.3 Å². The maximum absolute atomic E-state index is 13.7. The maximum Gasteiger partial charge on any atom is 0.306 e. The zero-order valence-electron chi connectivity index (χ0n) is 17.1. The Bertz CT molecular complexity index is 1090. The Kier molecular flexibility index (Phi) is 4.62. The molecule has 156 valence electrons. The van der Waals surface area contributed by atoms with E-state index in [1.54, 1.807) is 10.7 Å². The van der Waals surface area contributed by atoms with Crippen molar-refractivity contribution in [1.82, 2.24) is 9.78 Å². The van der Waals surface area contributed by atoms with E-state index in [9.17, 15) is 14.7 Å². The van der Waals surface area contributed by atoms with Crippen molar-refractivity contribution in [2.45, 2.75) is 63.7 Å². The van der Waals surface area contributed by atoms with Crippen molar-refractivity contribution >= 4 is 29.1 Å². The number of rotatable bonds is 4. The summed E-state index contributed by atoms with van der Waals surface area (Å²) in [6.07, 6.45) is 8.69. The monoisotopic (exact) mass is 424 g/mol. The summed E-state index contributed by atoms with van der Waals surface area (Å²) in [4.78, 5) is 25.0. The molecule has 1 saturated carbocycles. The lowest BCUT2D eigenvalue weighted by Gasteiger charge is -2.18. The number of benzene rings is 1. The third-order valence-corrected chi connectivity index (χ3v) is 7.38. The second-order valence-corrected chi connectivity index (χ2v) is 9.51. The summed E-state index contributed by atoms with van der Waals surface area (Å²) in [6, 6.07) is 5.72. The minimum Gasteiger partial charge on any atom is -0.481 e. The van der Waals surface area contributed by atoms with Gasteiger partial charge in [-0.05, 0) is 74.0 Å². The van der Waals surface area contributed by atoms with Crippen LogP contribution in [0.25, 0.3) is 5.57 Å². The van der Waals surface area contributed by atoms with Crippen molar-refractivity contribution in [2.75, 3.05) is 0 Å². The fourth-order valence-electron chi connectivity index (χ4n) is 4.94. The van der Waals surface area contributed by atoms with Gasteiger partial charge in [0.1, 0.15) is 0 Å². The molecule has 1 fully saturated rings. The standard InChI is InChI=1S/C24H25ClN2O3/c1-24(12-13-24)17-5-3-6-18(25)20(17)22(28)27-19-7-2-4-16(19)21(26-27)14-8-10-15(11-9-14)23(29)30/h3,5-6,8,15H,2,4,7,9-13H2,1H3,(H,29,30). The van der Waals surface area contributed by atoms with Crippen LogP contribution in [0.2, 0.25) is 5.02 Å². The van der Waals surface area contributed by atoms with Gasteiger partial charge in [-0.1, -0.05) is 36.7 Å². The van der Waals surface area contributed by atoms with Gasteiger partial charge in [0, 0.05) is 5.56 Å². The lowest BCUT2D eigenvalue weighted by atomic mass is 9.87. The van der Waals surface area contributed by atoms with Gasteiger partial charge in [-0.15, -0.1) is 0 Å². The van der Waals surface area contributed by atoms with E-state index < -0.39 is 5.97 Å². The van der Waals surface area contributed by atoms with Gasteiger partial charge >= 0.3 is 5.97 Å². The topological polar surface area (TPSA) is 72.2 Å². The number of carboxylic acids is 1. The van der Waals surface area contributed by atoms with Crippen molar-refractivity contribution in [2.24, 2.45) is 5.92 Å². The highest BCUT2D eigenvalue weighted by Crippen LogP contribution is 2.50. The summed E-state index contributed by atoms with van der Waals surface area (Å²) in [7, 11) is 0. The van der Waals surface area contributed by atoms with Crippen LogP contribution in [0.3, 0.4) is 0 Å². The molecule has 0 aliphatic heterocycles. The van der Waals surface area contributed by atoms with Gasteiger partial charge in [0.25, 0.3) is 5.91 Å². The molecule has 0 radical (unpaired) electrons. The fraction of sp³-hybridized carbons (Fsp3) is 0.458. The number of carbonyl (C=O) groups is 2. The average molecular weight is 425 g/mol. The largest absolute Gasteiger partial charge is 0.481 e. The Morgan fingerprint density at radius 2 is 2.03 bits per heavy atom. The zero-order valence-corrected chi connectivity index (χ0v) is 17.8. The van der Waals surface area contributed by atoms with E-state index in [1.165, 1.54) is 0 Å². The molecule has 0 spiro atoms. The van der Waals surface area contributed by atoms with Gasteiger partial charge in [0.2, 0.25) is 0 Å². The first-order valence-electron chi connectivity index (χ1n) is 10.8. The molecule has 1 aromatic carbocycles. The lowest BCUT2D eigenvalue weighted by Crippen LogP contribution is -2.21. The number of allylic oxidation sites excluding steroid dienone is 2. The second-order valence-electron chi connectivity index (χ2n) is 9.11. The van der Waals surface area contributed by atoms with E-state index >= 15 is 0 Å². The van der Waals surface area contributed by atoms with Gasteiger partial charge < -0.3 is 5.11 Å². The summed E-state index contributed by atoms with van der Waals surface area (Å²) in [6.45, 7) is 2.18. The number of carbonyl (C=O) groups excluding carboxylic acids is 1. The average Bonchev–Trinajstić information content (AvgIpc) is 3.15. The maximum atomic E-state index is 13.7. The number of aromatic nitrogens is 2. The van der Waals surface area contributed by atoms with Crippen LogP contribution in [0.4, 0.5) is 0 Å². The van der Waals surface area contributed by atoms with Gasteiger partial charge in [-0.3, -0.25) is 9.59 Å². The Hall–Kier alpha value is -2.40. The molecule has 1 atom stereocenters. The number of hydrogen-bond acceptors (Lipinski definition) is 3. The first-order chi connectivity index (χ1) is 14.4. The van der Waals surface area contributed by atoms with Gasteiger partial charge in [-0.25, -0.2) is 0 Å². The van der Waals surface area contributed by atoms with E-state index in [0.29, 0.717) is 29.8 Å². The predicted octanol–water partition coefficient (Wildman–Crippen LogP) is 5.03. The molecular weight excluding hydrogens is 400 g/mol. The van der Waals surface area contributed by atoms with Crippen LogP contribution in [0.5, 0.6) is 0 Å². The molecular formula is C24H25ClN2O3. The van der Waals surface area contributed by atoms with Crippen molar-refractivity contribution in [1.29, 1.82) is 0 Å². The van der Waals surface area contributed by atoms with Gasteiger partial charge in [0.15, 0.2) is 0 Å². The van der Waals surface area contributed by atoms with Gasteiger partial charge in [-0.2, -0.15) is 9.78 Å². The smallest absolute Gasteiger partial charge is 0.306 e. The predicted molar refractivity (Wildman–Crippen MR) is 115 cm³/mol. The Morgan fingerprint density at radius 1 is 1.23 bits per heavy atom. The van der Waals surface area contributed by atoms with Crippen molar-refractivity contribution < 1.29 is 14.7 Å². The van der Waals surface area contributed by atoms with Crippen molar-refractivity contribution in [3.63, 3.8) is 0 Å². The van der Waals surface area contributed by atoms with E-state index in [4.69, 9.17) is 16.7 Å². The minimum atomic E-state index is -0.740. The fourth-order valence-corrected chi connectivity index (χ4v) is 5.20. The molecule has 3 aliphatic carbocycles. The van der Waals surface area contributed by atoms with E-state index in [-0.39, 0.29) is 17.2 Å². The molecule has 5 nitrogen and oxygen atoms in total. The summed E-state index contributed by atoms with van der Waals surface area (Å²) in [5, 5.41) is 14.5. The normalized spacial score (nSPS) is 21.8. The molecule has 0 bridgehead atoms. The van der Waals surface area contributed by atoms with Crippen LogP contribution < -0.4 is 0 Å². The SMILES string of the molecule is CC1(c2cccc(Cl)c2C(=O)n2nc(C3=CCC(C(=O)O)CC3)c3c2CCC3)CC1. The number of halogens is 1. The van der Waals surface area contributed by atoms with E-state index in [1.807, 2.05) is 18.2 Å². The number of fused-ring (bicyclic) bond motifs is 1. The molecule has 1 unspecified atom stereocenters. The van der Waals surface area contributed by atoms with Gasteiger partial charge in [0.05, 0.1) is 27.9 Å². The molecule has 30 heavy (non-hydrogen) atoms. The van der Waals surface area contributed by atoms with E-state index in [2.05, 4.69) is 6.92 Å². The summed E-state index contributed by atoms with van der Waals surface area (Å²) < 4.78 is 1.58. The summed E-state index contributed by atoms with van der Waals surface area (Å²) in [5.41, 5.74) is 5.71. The zero-order chi connectivity index (χ0) is 21.0. The number of hydrogen-bond donors (Lipinski definition) is 1. The number of aliphatic carboxylic acids is 1. The second kappa shape index (κ2) is 7.09. The molecule has 0 saturated heterocycles. The molecule has 2 aromatic rings. The van der Waals surface area contributed by atoms with Crippen LogP contribution in [0, 0.1) is 5.92 Å². The van der Waals surface area contributed by atoms with E-state index in [0.717, 1.165) is 60.2 Å². The number of carboxylic acid groups (broad SMARTS) is 1. The lowest BCUT2D eigenvalue weighted by molar-refractivity contribution is -0.141. The third kappa shape index (κ3) is 3.11. The van der Waals surface area contributed by atoms with Crippen LogP contribution in [-0.2, 0) is 23.1 Å². The minimum absolute atomic E-state index is 0.0206. The number of nitrogens with zero attached hydrogens (tertiary/aromatic N) is 2. The highest BCUT2D eigenvalue weighted by molar-refractivity contribution is 6.34. The molecule has 6 heteroatoms. The molecule has 1 aromatic heterocycles. The highest BCUT2D eigenvalue weighted by atomic mass is 35.5. The first kappa shape index (κ1) is 19.6. The van der Waals surface area contributed by atoms with Crippen LogP contribution in [0.1, 0.15) is 78.3 Å². The molecule has 3 aliphatic rings. The quantitative estimate of drug-likeness (QED) is 0.746. The molecule has 5 rings (SSSR count). The van der Waals surface area contributed by atoms with Crippen LogP contribution >= 0.6 is 11.6 Å². The Balaban J connectivity index is 1.56. The highest BCUT2D eigenvalue weighted by Gasteiger charge is 2.42. The summed E-state index contributed by atoms with van der Waals surface area (Å²) >= 11 is 6.53. The van der Waals surface area contributed by atoms with Crippen LogP contribution in [-0.4, -0.2) is 26.8 Å². The first-order valence-corrected chi connectivity index (χ1v) is 11.1. The molecule has 1 heterocycles. The third-order valence-electron chi connectivity index (χ3n) is 7.06. The Labute approximate surface area is 180 Å².